The fourth-order valence-corrected chi connectivity index (χ4v) is 0.658. The lowest BCUT2D eigenvalue weighted by atomic mass is 10.2. The van der Waals surface area contributed by atoms with Crippen LogP contribution in [-0.4, -0.2) is 17.2 Å². The average Bonchev–Trinajstić information content (AvgIpc) is 1.98. The Morgan fingerprint density at radius 3 is 2.33 bits per heavy atom. The molecule has 1 aliphatic heterocycles. The Morgan fingerprint density at radius 2 is 2.22 bits per heavy atom. The largest absolute Gasteiger partial charge is 0.502 e. The van der Waals surface area contributed by atoms with E-state index in [9.17, 15) is 4.79 Å². The molecule has 0 radical (unpaired) electrons. The van der Waals surface area contributed by atoms with Gasteiger partial charge in [0.2, 0.25) is 5.76 Å². The number of cyclic esters (lactones) is 1. The molecule has 0 saturated carbocycles. The molecule has 50 valence electrons. The van der Waals surface area contributed by atoms with Crippen molar-refractivity contribution in [3.05, 3.63) is 11.3 Å². The molecule has 0 amide bonds. The maximum atomic E-state index is 10.5. The first-order valence-electron chi connectivity index (χ1n) is 2.73. The summed E-state index contributed by atoms with van der Waals surface area (Å²) >= 11 is 0. The third-order valence-corrected chi connectivity index (χ3v) is 1.46. The molecule has 3 heteroatoms. The summed E-state index contributed by atoms with van der Waals surface area (Å²) in [4.78, 5) is 10.5. The highest BCUT2D eigenvalue weighted by atomic mass is 16.6. The Hall–Kier alpha value is -0.990. The number of aliphatic hydroxyl groups excluding tert-OH is 1. The Balaban J connectivity index is 2.92. The molecule has 0 fully saturated rings. The van der Waals surface area contributed by atoms with Gasteiger partial charge in [-0.1, -0.05) is 0 Å². The summed E-state index contributed by atoms with van der Waals surface area (Å²) < 4.78 is 4.62. The molecule has 0 aliphatic carbocycles. The molecule has 1 N–H and O–H groups in total. The lowest BCUT2D eigenvalue weighted by molar-refractivity contribution is -0.141. The van der Waals surface area contributed by atoms with Gasteiger partial charge in [0.05, 0.1) is 0 Å². The number of hydrogen-bond acceptors (Lipinski definition) is 3. The SMILES string of the molecule is CC1=C(O)C(=O)O[C@H]1C. The number of ether oxygens (including phenoxy) is 1. The van der Waals surface area contributed by atoms with Crippen LogP contribution in [0.2, 0.25) is 0 Å². The smallest absolute Gasteiger partial charge is 0.374 e. The summed E-state index contributed by atoms with van der Waals surface area (Å²) in [5, 5.41) is 8.84. The molecule has 0 saturated heterocycles. The summed E-state index contributed by atoms with van der Waals surface area (Å²) in [5.74, 6) is -0.845. The third-order valence-electron chi connectivity index (χ3n) is 1.46. The standard InChI is InChI=1S/C6H8O3/c1-3-4(2)9-6(8)5(3)7/h4,7H,1-2H3/t4-/m0/s1. The van der Waals surface area contributed by atoms with Crippen molar-refractivity contribution in [2.75, 3.05) is 0 Å². The molecule has 9 heavy (non-hydrogen) atoms. The summed E-state index contributed by atoms with van der Waals surface area (Å²) in [7, 11) is 0. The van der Waals surface area contributed by atoms with Gasteiger partial charge >= 0.3 is 5.97 Å². The van der Waals surface area contributed by atoms with Crippen LogP contribution in [0.1, 0.15) is 13.8 Å². The van der Waals surface area contributed by atoms with Crippen LogP contribution in [-0.2, 0) is 9.53 Å². The Morgan fingerprint density at radius 1 is 1.67 bits per heavy atom. The van der Waals surface area contributed by atoms with Crippen LogP contribution < -0.4 is 0 Å². The van der Waals surface area contributed by atoms with E-state index in [2.05, 4.69) is 4.74 Å². The second kappa shape index (κ2) is 1.76. The van der Waals surface area contributed by atoms with Crippen LogP contribution in [0.5, 0.6) is 0 Å². The lowest BCUT2D eigenvalue weighted by Crippen LogP contribution is -2.04. The van der Waals surface area contributed by atoms with E-state index in [1.807, 2.05) is 0 Å². The van der Waals surface area contributed by atoms with Gasteiger partial charge in [-0.3, -0.25) is 0 Å². The molecule has 0 aromatic carbocycles. The zero-order chi connectivity index (χ0) is 7.02. The van der Waals surface area contributed by atoms with Crippen molar-refractivity contribution in [3.63, 3.8) is 0 Å². The minimum atomic E-state index is -0.611. The molecule has 0 aromatic rings. The first kappa shape index (κ1) is 6.13. The molecule has 1 aliphatic rings. The van der Waals surface area contributed by atoms with Gasteiger partial charge in [0.15, 0.2) is 0 Å². The minimum Gasteiger partial charge on any atom is -0.502 e. The molecule has 0 spiro atoms. The maximum Gasteiger partial charge on any atom is 0.374 e. The van der Waals surface area contributed by atoms with E-state index in [-0.39, 0.29) is 11.9 Å². The van der Waals surface area contributed by atoms with Gasteiger partial charge in [0.25, 0.3) is 0 Å². The molecular formula is C6H8O3. The molecule has 3 nitrogen and oxygen atoms in total. The van der Waals surface area contributed by atoms with Gasteiger partial charge in [-0.05, 0) is 13.8 Å². The van der Waals surface area contributed by atoms with E-state index in [1.54, 1.807) is 13.8 Å². The van der Waals surface area contributed by atoms with Crippen LogP contribution in [0.4, 0.5) is 0 Å². The molecule has 0 unspecified atom stereocenters. The fourth-order valence-electron chi connectivity index (χ4n) is 0.658. The van der Waals surface area contributed by atoms with Gasteiger partial charge in [-0.15, -0.1) is 0 Å². The van der Waals surface area contributed by atoms with Crippen molar-refractivity contribution in [2.45, 2.75) is 20.0 Å². The van der Waals surface area contributed by atoms with E-state index in [1.165, 1.54) is 0 Å². The monoisotopic (exact) mass is 128 g/mol. The van der Waals surface area contributed by atoms with Gasteiger partial charge in [0.1, 0.15) is 6.10 Å². The fraction of sp³-hybridized carbons (Fsp3) is 0.500. The third kappa shape index (κ3) is 0.781. The number of aliphatic hydroxyl groups is 1. The van der Waals surface area contributed by atoms with E-state index in [0.29, 0.717) is 5.57 Å². The van der Waals surface area contributed by atoms with Crippen molar-refractivity contribution >= 4 is 5.97 Å². The first-order valence-corrected chi connectivity index (χ1v) is 2.73. The van der Waals surface area contributed by atoms with Gasteiger partial charge in [-0.2, -0.15) is 0 Å². The Kier molecular flexibility index (Phi) is 1.20. The van der Waals surface area contributed by atoms with Crippen LogP contribution in [0.15, 0.2) is 11.3 Å². The predicted octanol–water partition coefficient (Wildman–Crippen LogP) is 0.764. The van der Waals surface area contributed by atoms with Crippen molar-refractivity contribution in [1.29, 1.82) is 0 Å². The van der Waals surface area contributed by atoms with E-state index >= 15 is 0 Å². The van der Waals surface area contributed by atoms with Crippen LogP contribution in [0.25, 0.3) is 0 Å². The van der Waals surface area contributed by atoms with Gasteiger partial charge < -0.3 is 9.84 Å². The molecular weight excluding hydrogens is 120 g/mol. The number of carbonyl (C=O) groups excluding carboxylic acids is 1. The van der Waals surface area contributed by atoms with Crippen molar-refractivity contribution in [1.82, 2.24) is 0 Å². The number of esters is 1. The molecule has 1 atom stereocenters. The second-order valence-corrected chi connectivity index (χ2v) is 2.08. The summed E-state index contributed by atoms with van der Waals surface area (Å²) in [6, 6.07) is 0. The first-order chi connectivity index (χ1) is 4.13. The van der Waals surface area contributed by atoms with Gasteiger partial charge in [-0.25, -0.2) is 4.79 Å². The lowest BCUT2D eigenvalue weighted by Gasteiger charge is -1.99. The molecule has 0 aromatic heterocycles. The summed E-state index contributed by atoms with van der Waals surface area (Å²) in [6.45, 7) is 3.39. The van der Waals surface area contributed by atoms with E-state index < -0.39 is 5.97 Å². The van der Waals surface area contributed by atoms with E-state index in [4.69, 9.17) is 5.11 Å². The second-order valence-electron chi connectivity index (χ2n) is 2.08. The topological polar surface area (TPSA) is 46.5 Å². The summed E-state index contributed by atoms with van der Waals surface area (Å²) in [5.41, 5.74) is 0.611. The van der Waals surface area contributed by atoms with Crippen molar-refractivity contribution in [2.24, 2.45) is 0 Å². The van der Waals surface area contributed by atoms with Gasteiger partial charge in [0, 0.05) is 5.57 Å². The van der Waals surface area contributed by atoms with Crippen LogP contribution in [0, 0.1) is 0 Å². The molecule has 1 rings (SSSR count). The number of hydrogen-bond donors (Lipinski definition) is 1. The predicted molar refractivity (Wildman–Crippen MR) is 30.9 cm³/mol. The average molecular weight is 128 g/mol. The zero-order valence-corrected chi connectivity index (χ0v) is 5.34. The minimum absolute atomic E-state index is 0.234. The zero-order valence-electron chi connectivity index (χ0n) is 5.34. The highest BCUT2D eigenvalue weighted by molar-refractivity contribution is 5.89. The quantitative estimate of drug-likeness (QED) is 0.490. The van der Waals surface area contributed by atoms with E-state index in [0.717, 1.165) is 0 Å². The summed E-state index contributed by atoms with van der Waals surface area (Å²) in [6.07, 6.45) is -0.252. The highest BCUT2D eigenvalue weighted by Crippen LogP contribution is 2.18. The highest BCUT2D eigenvalue weighted by Gasteiger charge is 2.27. The Labute approximate surface area is 52.9 Å². The van der Waals surface area contributed by atoms with Crippen molar-refractivity contribution < 1.29 is 14.6 Å². The molecule has 0 bridgehead atoms. The maximum absolute atomic E-state index is 10.5. The Bertz CT molecular complexity index is 181. The number of carbonyl (C=O) groups is 1. The van der Waals surface area contributed by atoms with Crippen LogP contribution >= 0.6 is 0 Å². The van der Waals surface area contributed by atoms with Crippen LogP contribution in [0.3, 0.4) is 0 Å². The molecule has 1 heterocycles. The number of rotatable bonds is 0. The van der Waals surface area contributed by atoms with Crippen molar-refractivity contribution in [3.8, 4) is 0 Å². The normalized spacial score (nSPS) is 26.9.